The molecule has 2 aromatic rings. The number of carbonyl (C=O) groups excluding carboxylic acids is 1. The number of hydrogen-bond acceptors (Lipinski definition) is 7. The molecule has 0 saturated carbocycles. The van der Waals surface area contributed by atoms with E-state index in [0.717, 1.165) is 12.4 Å². The highest BCUT2D eigenvalue weighted by Crippen LogP contribution is 2.32. The second-order valence-corrected chi connectivity index (χ2v) is 6.43. The van der Waals surface area contributed by atoms with E-state index in [1.165, 1.54) is 18.2 Å². The van der Waals surface area contributed by atoms with Gasteiger partial charge in [-0.1, -0.05) is 0 Å². The van der Waals surface area contributed by atoms with E-state index >= 15 is 0 Å². The van der Waals surface area contributed by atoms with E-state index in [1.807, 2.05) is 0 Å². The van der Waals surface area contributed by atoms with Gasteiger partial charge in [0, 0.05) is 18.0 Å². The highest BCUT2D eigenvalue weighted by Gasteiger charge is 2.32. The van der Waals surface area contributed by atoms with Crippen LogP contribution in [0, 0.1) is 5.82 Å². The van der Waals surface area contributed by atoms with Gasteiger partial charge in [0.2, 0.25) is 12.7 Å². The molecule has 1 aromatic carbocycles. The molecule has 1 aliphatic rings. The number of nitrogens with two attached hydrogens (primary N) is 1. The molecule has 0 aliphatic carbocycles. The van der Waals surface area contributed by atoms with Gasteiger partial charge in [0.25, 0.3) is 11.9 Å². The standard InChI is InChI=1S/C19H20F3N5O4/c20-9-26-19(23)31-16-3-4-29-8-13(16)12-5-11(1-2-14(12)22)27-18(28)15-6-25-17(7-24-15)30-10-21/h1-2,5-7,13,16H,3-4,8-10H2,(H2,23,26)(H,27,28)/t13-,16-/m1/s1. The fourth-order valence-electron chi connectivity index (χ4n) is 3.07. The van der Waals surface area contributed by atoms with Gasteiger partial charge in [0.05, 0.1) is 25.6 Å². The van der Waals surface area contributed by atoms with Crippen molar-refractivity contribution < 1.29 is 32.2 Å². The van der Waals surface area contributed by atoms with E-state index < -0.39 is 37.4 Å². The summed E-state index contributed by atoms with van der Waals surface area (Å²) in [4.78, 5) is 23.4. The van der Waals surface area contributed by atoms with Crippen molar-refractivity contribution in [2.75, 3.05) is 32.2 Å². The van der Waals surface area contributed by atoms with Gasteiger partial charge in [-0.15, -0.1) is 0 Å². The number of benzene rings is 1. The zero-order chi connectivity index (χ0) is 22.2. The number of ether oxygens (including phenoxy) is 3. The topological polar surface area (TPSA) is 121 Å². The largest absolute Gasteiger partial charge is 0.461 e. The minimum Gasteiger partial charge on any atom is -0.461 e. The summed E-state index contributed by atoms with van der Waals surface area (Å²) in [7, 11) is 0. The lowest BCUT2D eigenvalue weighted by molar-refractivity contribution is -0.00141. The summed E-state index contributed by atoms with van der Waals surface area (Å²) in [6.07, 6.45) is 2.04. The SMILES string of the molecule is NC(=NCF)O[C@@H]1CCOC[C@@H]1c1cc(NC(=O)c2cnc(OCF)cn2)ccc1F. The second-order valence-electron chi connectivity index (χ2n) is 6.43. The van der Waals surface area contributed by atoms with E-state index in [-0.39, 0.29) is 29.8 Å². The molecule has 31 heavy (non-hydrogen) atoms. The highest BCUT2D eigenvalue weighted by molar-refractivity contribution is 6.02. The number of nitrogens with zero attached hydrogens (tertiary/aromatic N) is 3. The number of halogens is 3. The molecule has 1 saturated heterocycles. The summed E-state index contributed by atoms with van der Waals surface area (Å²) in [5.74, 6) is -1.77. The molecule has 0 bridgehead atoms. The average Bonchev–Trinajstić information content (AvgIpc) is 2.76. The fraction of sp³-hybridized carbons (Fsp3) is 0.368. The zero-order valence-corrected chi connectivity index (χ0v) is 16.3. The Morgan fingerprint density at radius 2 is 2.16 bits per heavy atom. The third-order valence-electron chi connectivity index (χ3n) is 4.50. The predicted molar refractivity (Wildman–Crippen MR) is 104 cm³/mol. The van der Waals surface area contributed by atoms with Gasteiger partial charge in [0.1, 0.15) is 17.6 Å². The number of aliphatic imine (C=N–C) groups is 1. The van der Waals surface area contributed by atoms with Crippen molar-refractivity contribution in [2.45, 2.75) is 18.4 Å². The summed E-state index contributed by atoms with van der Waals surface area (Å²) in [5, 5.41) is 2.59. The number of nitrogens with one attached hydrogen (secondary N) is 1. The Kier molecular flexibility index (Phi) is 7.60. The molecule has 3 rings (SSSR count). The highest BCUT2D eigenvalue weighted by atomic mass is 19.1. The van der Waals surface area contributed by atoms with E-state index in [1.54, 1.807) is 0 Å². The molecule has 3 N–H and O–H groups in total. The molecular formula is C19H20F3N5O4. The van der Waals surface area contributed by atoms with Crippen molar-refractivity contribution in [3.05, 3.63) is 47.7 Å². The van der Waals surface area contributed by atoms with Crippen molar-refractivity contribution >= 4 is 17.6 Å². The van der Waals surface area contributed by atoms with E-state index in [2.05, 4.69) is 25.0 Å². The molecule has 1 fully saturated rings. The van der Waals surface area contributed by atoms with Crippen molar-refractivity contribution in [2.24, 2.45) is 10.7 Å². The maximum atomic E-state index is 14.6. The maximum Gasteiger partial charge on any atom is 0.284 e. The number of amidine groups is 1. The van der Waals surface area contributed by atoms with Crippen LogP contribution in [-0.2, 0) is 9.47 Å². The van der Waals surface area contributed by atoms with Crippen LogP contribution in [0.25, 0.3) is 0 Å². The monoisotopic (exact) mass is 439 g/mol. The van der Waals surface area contributed by atoms with Gasteiger partial charge in [-0.05, 0) is 23.8 Å². The van der Waals surface area contributed by atoms with E-state index in [4.69, 9.17) is 15.2 Å². The van der Waals surface area contributed by atoms with Crippen LogP contribution < -0.4 is 15.8 Å². The van der Waals surface area contributed by atoms with Crippen molar-refractivity contribution in [1.82, 2.24) is 9.97 Å². The molecule has 2 atom stereocenters. The fourth-order valence-corrected chi connectivity index (χ4v) is 3.07. The van der Waals surface area contributed by atoms with Crippen molar-refractivity contribution in [3.63, 3.8) is 0 Å². The lowest BCUT2D eigenvalue weighted by atomic mass is 9.90. The van der Waals surface area contributed by atoms with Crippen LogP contribution >= 0.6 is 0 Å². The van der Waals surface area contributed by atoms with Crippen LogP contribution in [0.1, 0.15) is 28.4 Å². The van der Waals surface area contributed by atoms with Gasteiger partial charge in [-0.3, -0.25) is 4.79 Å². The van der Waals surface area contributed by atoms with Crippen LogP contribution in [0.4, 0.5) is 18.9 Å². The molecule has 12 heteroatoms. The third kappa shape index (κ3) is 5.81. The van der Waals surface area contributed by atoms with Crippen LogP contribution in [0.15, 0.2) is 35.6 Å². The number of hydrogen-bond donors (Lipinski definition) is 2. The number of alkyl halides is 2. The van der Waals surface area contributed by atoms with Crippen LogP contribution in [0.5, 0.6) is 5.88 Å². The Bertz CT molecular complexity index is 929. The summed E-state index contributed by atoms with van der Waals surface area (Å²) >= 11 is 0. The first-order valence-corrected chi connectivity index (χ1v) is 9.23. The first kappa shape index (κ1) is 22.3. The maximum absolute atomic E-state index is 14.6. The first-order valence-electron chi connectivity index (χ1n) is 9.23. The Hall–Kier alpha value is -3.41. The zero-order valence-electron chi connectivity index (χ0n) is 16.3. The van der Waals surface area contributed by atoms with Gasteiger partial charge >= 0.3 is 0 Å². The summed E-state index contributed by atoms with van der Waals surface area (Å²) < 4.78 is 54.5. The Balaban J connectivity index is 1.77. The smallest absolute Gasteiger partial charge is 0.284 e. The van der Waals surface area contributed by atoms with Crippen LogP contribution in [-0.4, -0.2) is 54.9 Å². The number of anilines is 1. The molecule has 0 radical (unpaired) electrons. The van der Waals surface area contributed by atoms with Crippen molar-refractivity contribution in [1.29, 1.82) is 0 Å². The Morgan fingerprint density at radius 1 is 1.32 bits per heavy atom. The first-order chi connectivity index (χ1) is 15.0. The summed E-state index contributed by atoms with van der Waals surface area (Å²) in [6.45, 7) is -1.59. The Morgan fingerprint density at radius 3 is 2.87 bits per heavy atom. The van der Waals surface area contributed by atoms with Crippen molar-refractivity contribution in [3.8, 4) is 5.88 Å². The minimum absolute atomic E-state index is 0.0468. The second kappa shape index (κ2) is 10.6. The van der Waals surface area contributed by atoms with Gasteiger partial charge in [-0.25, -0.2) is 28.1 Å². The van der Waals surface area contributed by atoms with Crippen LogP contribution in [0.3, 0.4) is 0 Å². The average molecular weight is 439 g/mol. The molecule has 1 amide bonds. The van der Waals surface area contributed by atoms with Crippen LogP contribution in [0.2, 0.25) is 0 Å². The summed E-state index contributed by atoms with van der Waals surface area (Å²) in [6, 6.07) is 3.69. The van der Waals surface area contributed by atoms with Gasteiger partial charge in [-0.2, -0.15) is 0 Å². The normalized spacial score (nSPS) is 19.0. The number of rotatable bonds is 7. The Labute approximate surface area is 175 Å². The molecular weight excluding hydrogens is 419 g/mol. The van der Waals surface area contributed by atoms with Gasteiger partial charge in [0.15, 0.2) is 6.80 Å². The minimum atomic E-state index is -1.07. The molecule has 1 aliphatic heterocycles. The molecule has 166 valence electrons. The number of carbonyl (C=O) groups is 1. The quantitative estimate of drug-likeness (QED) is 0.386. The van der Waals surface area contributed by atoms with E-state index in [0.29, 0.717) is 18.7 Å². The predicted octanol–water partition coefficient (Wildman–Crippen LogP) is 2.30. The molecule has 9 nitrogen and oxygen atoms in total. The lowest BCUT2D eigenvalue weighted by Crippen LogP contribution is -2.36. The third-order valence-corrected chi connectivity index (χ3v) is 4.50. The summed E-state index contributed by atoms with van der Waals surface area (Å²) in [5.41, 5.74) is 6.01. The van der Waals surface area contributed by atoms with E-state index in [9.17, 15) is 18.0 Å². The van der Waals surface area contributed by atoms with Gasteiger partial charge < -0.3 is 25.3 Å². The number of aromatic nitrogens is 2. The molecule has 1 aromatic heterocycles. The lowest BCUT2D eigenvalue weighted by Gasteiger charge is -2.32. The molecule has 0 unspecified atom stereocenters. The molecule has 2 heterocycles. The number of amides is 1. The molecule has 0 spiro atoms.